The number of carboxylic acids is 2. The van der Waals surface area contributed by atoms with E-state index in [1.165, 1.54) is 6.92 Å². The Morgan fingerprint density at radius 2 is 1.38 bits per heavy atom. The first-order valence-electron chi connectivity index (χ1n) is 8.72. The highest BCUT2D eigenvalue weighted by Crippen LogP contribution is 2.04. The fourth-order valence-electron chi connectivity index (χ4n) is 2.10. The van der Waals surface area contributed by atoms with Crippen LogP contribution in [0.15, 0.2) is 0 Å². The van der Waals surface area contributed by atoms with Gasteiger partial charge in [-0.25, -0.2) is 4.79 Å². The average Bonchev–Trinajstić information content (AvgIpc) is 2.61. The lowest BCUT2D eigenvalue weighted by molar-refractivity contribution is -0.144. The van der Waals surface area contributed by atoms with Crippen LogP contribution in [-0.2, 0) is 24.0 Å². The molecule has 0 aliphatic carbocycles. The van der Waals surface area contributed by atoms with Crippen molar-refractivity contribution >= 4 is 42.3 Å². The number of thiol groups is 1. The largest absolute Gasteiger partial charge is 0.481 e. The van der Waals surface area contributed by atoms with E-state index in [1.54, 1.807) is 13.8 Å². The molecule has 0 bridgehead atoms. The van der Waals surface area contributed by atoms with Crippen molar-refractivity contribution in [1.82, 2.24) is 16.0 Å². The summed E-state index contributed by atoms with van der Waals surface area (Å²) in [6, 6.07) is -5.48. The summed E-state index contributed by atoms with van der Waals surface area (Å²) >= 11 is 3.94. The van der Waals surface area contributed by atoms with E-state index < -0.39 is 72.3 Å². The van der Waals surface area contributed by atoms with Gasteiger partial charge >= 0.3 is 11.9 Å². The number of aliphatic hydroxyl groups is 1. The van der Waals surface area contributed by atoms with Gasteiger partial charge in [-0.3, -0.25) is 19.2 Å². The molecule has 0 saturated carbocycles. The Kier molecular flexibility index (Phi) is 11.2. The van der Waals surface area contributed by atoms with E-state index in [9.17, 15) is 29.1 Å². The molecule has 0 aromatic carbocycles. The number of amides is 3. The quantitative estimate of drug-likeness (QED) is 0.149. The molecular weight excluding hydrogens is 408 g/mol. The topological polar surface area (TPSA) is 208 Å². The molecule has 0 spiro atoms. The van der Waals surface area contributed by atoms with E-state index in [0.717, 1.165) is 0 Å². The molecule has 13 heteroatoms. The minimum absolute atomic E-state index is 0.219. The van der Waals surface area contributed by atoms with Crippen molar-refractivity contribution in [3.63, 3.8) is 0 Å². The lowest BCUT2D eigenvalue weighted by Gasteiger charge is -2.25. The van der Waals surface area contributed by atoms with Gasteiger partial charge in [-0.05, 0) is 12.8 Å². The van der Waals surface area contributed by atoms with Gasteiger partial charge in [-0.2, -0.15) is 12.6 Å². The van der Waals surface area contributed by atoms with E-state index in [0.29, 0.717) is 0 Å². The molecule has 0 aromatic rings. The Morgan fingerprint density at radius 3 is 1.76 bits per heavy atom. The molecule has 3 amide bonds. The molecule has 5 atom stereocenters. The molecule has 0 aliphatic heterocycles. The number of carboxylic acid groups (broad SMARTS) is 2. The van der Waals surface area contributed by atoms with Crippen molar-refractivity contribution in [3.8, 4) is 0 Å². The molecular formula is C16H28N4O8S. The first kappa shape index (κ1) is 26.6. The summed E-state index contributed by atoms with van der Waals surface area (Å²) in [7, 11) is 0. The molecule has 0 heterocycles. The zero-order valence-electron chi connectivity index (χ0n) is 16.3. The fraction of sp³-hybridized carbons (Fsp3) is 0.688. The smallest absolute Gasteiger partial charge is 0.326 e. The first-order chi connectivity index (χ1) is 13.3. The number of hydrogen-bond acceptors (Lipinski definition) is 8. The minimum atomic E-state index is -1.58. The zero-order valence-corrected chi connectivity index (χ0v) is 17.2. The normalized spacial score (nSPS) is 16.1. The van der Waals surface area contributed by atoms with Crippen LogP contribution >= 0.6 is 12.6 Å². The summed E-state index contributed by atoms with van der Waals surface area (Å²) in [6.07, 6.45) is -2.06. The van der Waals surface area contributed by atoms with Crippen LogP contribution in [0.1, 0.15) is 27.2 Å². The van der Waals surface area contributed by atoms with Gasteiger partial charge in [0.05, 0.1) is 12.5 Å². The van der Waals surface area contributed by atoms with Crippen LogP contribution in [-0.4, -0.2) is 81.0 Å². The van der Waals surface area contributed by atoms with Gasteiger partial charge in [-0.15, -0.1) is 0 Å². The van der Waals surface area contributed by atoms with Crippen molar-refractivity contribution < 1.29 is 39.3 Å². The van der Waals surface area contributed by atoms with E-state index >= 15 is 0 Å². The van der Waals surface area contributed by atoms with Gasteiger partial charge in [0.2, 0.25) is 17.7 Å². The average molecular weight is 436 g/mol. The highest BCUT2D eigenvalue weighted by Gasteiger charge is 2.32. The van der Waals surface area contributed by atoms with E-state index in [4.69, 9.17) is 15.9 Å². The molecule has 0 fully saturated rings. The van der Waals surface area contributed by atoms with Crippen LogP contribution < -0.4 is 21.7 Å². The van der Waals surface area contributed by atoms with E-state index in [1.807, 2.05) is 0 Å². The van der Waals surface area contributed by atoms with E-state index in [2.05, 4.69) is 28.6 Å². The number of nitrogens with two attached hydrogens (primary N) is 1. The van der Waals surface area contributed by atoms with Gasteiger partial charge < -0.3 is 37.0 Å². The fourth-order valence-corrected chi connectivity index (χ4v) is 2.36. The Morgan fingerprint density at radius 1 is 0.897 bits per heavy atom. The van der Waals surface area contributed by atoms with Crippen LogP contribution in [0, 0.1) is 5.92 Å². The van der Waals surface area contributed by atoms with Crippen LogP contribution in [0.2, 0.25) is 0 Å². The van der Waals surface area contributed by atoms with Crippen molar-refractivity contribution in [2.75, 3.05) is 5.75 Å². The molecule has 29 heavy (non-hydrogen) atoms. The standard InChI is InChI=1S/C16H28N4O8S/c1-6(2)12(16(27)28)20-14(25)9(5-29)19-13(24)8(4-10(22)23)18-15(26)11(17)7(3)21/h6-9,11-12,21,29H,4-5,17H2,1-3H3,(H,18,26)(H,19,24)(H,20,25)(H,22,23)(H,27,28). The van der Waals surface area contributed by atoms with Crippen LogP contribution in [0.3, 0.4) is 0 Å². The monoisotopic (exact) mass is 436 g/mol. The summed E-state index contributed by atoms with van der Waals surface area (Å²) < 4.78 is 0. The number of rotatable bonds is 12. The summed E-state index contributed by atoms with van der Waals surface area (Å²) in [5, 5.41) is 34.1. The van der Waals surface area contributed by atoms with Gasteiger partial charge in [0, 0.05) is 5.75 Å². The van der Waals surface area contributed by atoms with Crippen LogP contribution in [0.25, 0.3) is 0 Å². The van der Waals surface area contributed by atoms with Crippen molar-refractivity contribution in [2.45, 2.75) is 57.5 Å². The SMILES string of the molecule is CC(C)C(NC(=O)C(CS)NC(=O)C(CC(=O)O)NC(=O)C(N)C(C)O)C(=O)O. The molecule has 5 unspecified atom stereocenters. The molecule has 0 aromatic heterocycles. The molecule has 0 saturated heterocycles. The summed E-state index contributed by atoms with van der Waals surface area (Å²) in [5.41, 5.74) is 5.45. The van der Waals surface area contributed by atoms with Gasteiger partial charge in [0.25, 0.3) is 0 Å². The van der Waals surface area contributed by atoms with Gasteiger partial charge in [0.15, 0.2) is 0 Å². The summed E-state index contributed by atoms with van der Waals surface area (Å²) in [5.74, 6) is -6.13. The van der Waals surface area contributed by atoms with Crippen LogP contribution in [0.5, 0.6) is 0 Å². The van der Waals surface area contributed by atoms with E-state index in [-0.39, 0.29) is 5.75 Å². The maximum atomic E-state index is 12.4. The third-order valence-corrected chi connectivity index (χ3v) is 4.25. The summed E-state index contributed by atoms with van der Waals surface area (Å²) in [6.45, 7) is 4.40. The third-order valence-electron chi connectivity index (χ3n) is 3.88. The molecule has 0 aliphatic rings. The Balaban J connectivity index is 5.27. The maximum absolute atomic E-state index is 12.4. The number of aliphatic hydroxyl groups excluding tert-OH is 1. The van der Waals surface area contributed by atoms with Crippen molar-refractivity contribution in [1.29, 1.82) is 0 Å². The Hall–Kier alpha value is -2.38. The molecule has 0 radical (unpaired) electrons. The molecule has 166 valence electrons. The highest BCUT2D eigenvalue weighted by atomic mass is 32.1. The van der Waals surface area contributed by atoms with Gasteiger partial charge in [-0.1, -0.05) is 13.8 Å². The minimum Gasteiger partial charge on any atom is -0.481 e. The third kappa shape index (κ3) is 9.11. The molecule has 8 N–H and O–H groups in total. The van der Waals surface area contributed by atoms with Crippen LogP contribution in [0.4, 0.5) is 0 Å². The first-order valence-corrected chi connectivity index (χ1v) is 9.35. The van der Waals surface area contributed by atoms with Crippen molar-refractivity contribution in [2.24, 2.45) is 11.7 Å². The molecule has 0 rings (SSSR count). The predicted octanol–water partition coefficient (Wildman–Crippen LogP) is -2.71. The lowest BCUT2D eigenvalue weighted by atomic mass is 10.0. The highest BCUT2D eigenvalue weighted by molar-refractivity contribution is 7.80. The molecule has 12 nitrogen and oxygen atoms in total. The lowest BCUT2D eigenvalue weighted by Crippen LogP contribution is -2.59. The second-order valence-corrected chi connectivity index (χ2v) is 7.10. The number of aliphatic carboxylic acids is 2. The maximum Gasteiger partial charge on any atom is 0.326 e. The second-order valence-electron chi connectivity index (χ2n) is 6.74. The Labute approximate surface area is 173 Å². The number of hydrogen-bond donors (Lipinski definition) is 8. The predicted molar refractivity (Wildman–Crippen MR) is 104 cm³/mol. The van der Waals surface area contributed by atoms with Gasteiger partial charge in [0.1, 0.15) is 24.2 Å². The second kappa shape index (κ2) is 12.2. The zero-order chi connectivity index (χ0) is 22.9. The summed E-state index contributed by atoms with van der Waals surface area (Å²) in [4.78, 5) is 58.9. The number of carbonyl (C=O) groups excluding carboxylic acids is 3. The number of nitrogens with one attached hydrogen (secondary N) is 3. The number of carbonyl (C=O) groups is 5. The van der Waals surface area contributed by atoms with Crippen molar-refractivity contribution in [3.05, 3.63) is 0 Å². The Bertz CT molecular complexity index is 628.